The van der Waals surface area contributed by atoms with Crippen LogP contribution in [0, 0.1) is 6.92 Å². The maximum Gasteiger partial charge on any atom is 0.154 e. The summed E-state index contributed by atoms with van der Waals surface area (Å²) in [4.78, 5) is 11.2. The zero-order valence-corrected chi connectivity index (χ0v) is 11.7. The van der Waals surface area contributed by atoms with Gasteiger partial charge in [0.2, 0.25) is 0 Å². The van der Waals surface area contributed by atoms with Crippen LogP contribution < -0.4 is 0 Å². The monoisotopic (exact) mass is 276 g/mol. The van der Waals surface area contributed by atoms with E-state index in [1.165, 1.54) is 11.8 Å². The summed E-state index contributed by atoms with van der Waals surface area (Å²) in [6.07, 6.45) is 0.828. The van der Waals surface area contributed by atoms with Gasteiger partial charge in [-0.15, -0.1) is 11.8 Å². The molecule has 0 amide bonds. The second-order valence-corrected chi connectivity index (χ2v) is 5.71. The average molecular weight is 276 g/mol. The van der Waals surface area contributed by atoms with Crippen molar-refractivity contribution in [1.82, 2.24) is 9.78 Å². The molecule has 2 aromatic rings. The Morgan fingerprint density at radius 2 is 2.11 bits per heavy atom. The van der Waals surface area contributed by atoms with E-state index in [2.05, 4.69) is 5.10 Å². The molecule has 0 radical (unpaired) electrons. The molecule has 0 aliphatic carbocycles. The van der Waals surface area contributed by atoms with Crippen LogP contribution in [0.1, 0.15) is 23.0 Å². The normalized spacial score (nSPS) is 12.4. The molecule has 1 aromatic carbocycles. The Morgan fingerprint density at radius 3 is 2.68 bits per heavy atom. The van der Waals surface area contributed by atoms with E-state index < -0.39 is 0 Å². The van der Waals surface area contributed by atoms with Gasteiger partial charge in [0.1, 0.15) is 5.03 Å². The number of hydrogen-bond acceptors (Lipinski definition) is 4. The Labute approximate surface area is 116 Å². The summed E-state index contributed by atoms with van der Waals surface area (Å²) < 4.78 is 1.76. The van der Waals surface area contributed by atoms with Gasteiger partial charge in [-0.25, -0.2) is 4.68 Å². The lowest BCUT2D eigenvalue weighted by molar-refractivity contribution is 0.112. The van der Waals surface area contributed by atoms with E-state index in [1.54, 1.807) is 4.68 Å². The number of nitrogens with zero attached hydrogens (tertiary/aromatic N) is 2. The fraction of sp³-hybridized carbons (Fsp3) is 0.286. The molecule has 5 heteroatoms. The minimum absolute atomic E-state index is 0.0114. The number of carbonyl (C=O) groups excluding carboxylic acids is 1. The highest BCUT2D eigenvalue weighted by Crippen LogP contribution is 2.30. The summed E-state index contributed by atoms with van der Waals surface area (Å²) in [5.41, 5.74) is 2.20. The lowest BCUT2D eigenvalue weighted by atomic mass is 10.3. The molecule has 1 unspecified atom stereocenters. The van der Waals surface area contributed by atoms with Gasteiger partial charge in [-0.05, 0) is 19.1 Å². The first-order valence-electron chi connectivity index (χ1n) is 6.05. The minimum atomic E-state index is 0.0114. The van der Waals surface area contributed by atoms with E-state index in [0.717, 1.165) is 17.0 Å². The standard InChI is InChI=1S/C14H16N2O2S/c1-10(8-17)19-14-13(9-18)11(2)15-16(14)12-6-4-3-5-7-12/h3-7,9-10,17H,8H2,1-2H3. The van der Waals surface area contributed by atoms with Gasteiger partial charge >= 0.3 is 0 Å². The third-order valence-electron chi connectivity index (χ3n) is 2.75. The largest absolute Gasteiger partial charge is 0.395 e. The zero-order valence-electron chi connectivity index (χ0n) is 10.9. The van der Waals surface area contributed by atoms with E-state index in [9.17, 15) is 9.90 Å². The predicted octanol–water partition coefficient (Wildman–Crippen LogP) is 2.47. The zero-order chi connectivity index (χ0) is 13.8. The first kappa shape index (κ1) is 13.8. The van der Waals surface area contributed by atoms with Gasteiger partial charge in [0.05, 0.1) is 23.6 Å². The fourth-order valence-corrected chi connectivity index (χ4v) is 2.76. The second-order valence-electron chi connectivity index (χ2n) is 4.28. The van der Waals surface area contributed by atoms with Crippen molar-refractivity contribution in [3.63, 3.8) is 0 Å². The molecule has 100 valence electrons. The molecule has 1 atom stereocenters. The summed E-state index contributed by atoms with van der Waals surface area (Å²) >= 11 is 1.46. The van der Waals surface area contributed by atoms with E-state index in [-0.39, 0.29) is 11.9 Å². The molecule has 19 heavy (non-hydrogen) atoms. The molecule has 2 rings (SSSR count). The summed E-state index contributed by atoms with van der Waals surface area (Å²) in [6, 6.07) is 9.67. The highest BCUT2D eigenvalue weighted by molar-refractivity contribution is 8.00. The van der Waals surface area contributed by atoms with Crippen LogP contribution in [0.5, 0.6) is 0 Å². The van der Waals surface area contributed by atoms with E-state index >= 15 is 0 Å². The van der Waals surface area contributed by atoms with Crippen molar-refractivity contribution < 1.29 is 9.90 Å². The maximum absolute atomic E-state index is 11.2. The van der Waals surface area contributed by atoms with Crippen molar-refractivity contribution in [3.8, 4) is 5.69 Å². The van der Waals surface area contributed by atoms with Crippen LogP contribution in [0.2, 0.25) is 0 Å². The number of aliphatic hydroxyl groups is 1. The van der Waals surface area contributed by atoms with Gasteiger partial charge in [0, 0.05) is 5.25 Å². The Hall–Kier alpha value is -1.59. The second kappa shape index (κ2) is 6.04. The highest BCUT2D eigenvalue weighted by Gasteiger charge is 2.18. The van der Waals surface area contributed by atoms with Crippen molar-refractivity contribution in [1.29, 1.82) is 0 Å². The van der Waals surface area contributed by atoms with Crippen LogP contribution in [0.4, 0.5) is 0 Å². The van der Waals surface area contributed by atoms with Crippen LogP contribution >= 0.6 is 11.8 Å². The molecule has 0 fully saturated rings. The first-order valence-corrected chi connectivity index (χ1v) is 6.93. The highest BCUT2D eigenvalue weighted by atomic mass is 32.2. The molecular formula is C14H16N2O2S. The average Bonchev–Trinajstić information content (AvgIpc) is 2.75. The van der Waals surface area contributed by atoms with Gasteiger partial charge < -0.3 is 5.11 Å². The van der Waals surface area contributed by atoms with Gasteiger partial charge in [0.25, 0.3) is 0 Å². The van der Waals surface area contributed by atoms with Crippen molar-refractivity contribution >= 4 is 18.0 Å². The van der Waals surface area contributed by atoms with E-state index in [4.69, 9.17) is 0 Å². The molecule has 1 N–H and O–H groups in total. The number of hydrogen-bond donors (Lipinski definition) is 1. The number of carbonyl (C=O) groups is 1. The number of aromatic nitrogens is 2. The van der Waals surface area contributed by atoms with Crippen LogP contribution in [0.3, 0.4) is 0 Å². The van der Waals surface area contributed by atoms with Crippen molar-refractivity contribution in [2.45, 2.75) is 24.1 Å². The van der Waals surface area contributed by atoms with Crippen LogP contribution in [0.15, 0.2) is 35.4 Å². The minimum Gasteiger partial charge on any atom is -0.395 e. The maximum atomic E-state index is 11.2. The smallest absolute Gasteiger partial charge is 0.154 e. The molecule has 4 nitrogen and oxygen atoms in total. The Bertz CT molecular complexity index is 566. The lowest BCUT2D eigenvalue weighted by Gasteiger charge is -2.11. The Kier molecular flexibility index (Phi) is 4.39. The van der Waals surface area contributed by atoms with Crippen molar-refractivity contribution in [2.75, 3.05) is 6.61 Å². The topological polar surface area (TPSA) is 55.1 Å². The van der Waals surface area contributed by atoms with Crippen LogP contribution in [-0.2, 0) is 0 Å². The molecule has 0 aliphatic rings. The van der Waals surface area contributed by atoms with Crippen molar-refractivity contribution in [2.24, 2.45) is 0 Å². The summed E-state index contributed by atoms with van der Waals surface area (Å²) in [5.74, 6) is 0. The molecule has 1 heterocycles. The van der Waals surface area contributed by atoms with Gasteiger partial charge in [-0.3, -0.25) is 4.79 Å². The molecule has 1 aromatic heterocycles. The molecular weight excluding hydrogens is 260 g/mol. The Balaban J connectivity index is 2.51. The number of para-hydroxylation sites is 1. The first-order chi connectivity index (χ1) is 9.17. The quantitative estimate of drug-likeness (QED) is 0.673. The van der Waals surface area contributed by atoms with Gasteiger partial charge in [-0.1, -0.05) is 25.1 Å². The van der Waals surface area contributed by atoms with E-state index in [1.807, 2.05) is 44.2 Å². The molecule has 0 saturated heterocycles. The van der Waals surface area contributed by atoms with Crippen LogP contribution in [-0.4, -0.2) is 33.0 Å². The summed E-state index contributed by atoms with van der Waals surface area (Å²) in [6.45, 7) is 3.79. The number of aldehydes is 1. The molecule has 0 spiro atoms. The number of rotatable bonds is 5. The van der Waals surface area contributed by atoms with Crippen LogP contribution in [0.25, 0.3) is 5.69 Å². The third-order valence-corrected chi connectivity index (χ3v) is 3.92. The number of thioether (sulfide) groups is 1. The fourth-order valence-electron chi connectivity index (χ4n) is 1.74. The molecule has 0 aliphatic heterocycles. The van der Waals surface area contributed by atoms with Gasteiger partial charge in [0.15, 0.2) is 6.29 Å². The molecule has 0 bridgehead atoms. The lowest BCUT2D eigenvalue weighted by Crippen LogP contribution is -2.06. The SMILES string of the molecule is Cc1nn(-c2ccccc2)c(SC(C)CO)c1C=O. The summed E-state index contributed by atoms with van der Waals surface area (Å²) in [7, 11) is 0. The van der Waals surface area contributed by atoms with Crippen molar-refractivity contribution in [3.05, 3.63) is 41.6 Å². The summed E-state index contributed by atoms with van der Waals surface area (Å²) in [5, 5.41) is 14.4. The van der Waals surface area contributed by atoms with Gasteiger partial charge in [-0.2, -0.15) is 5.10 Å². The third kappa shape index (κ3) is 2.88. The number of benzene rings is 1. The number of aryl methyl sites for hydroxylation is 1. The predicted molar refractivity (Wildman–Crippen MR) is 76.1 cm³/mol. The van der Waals surface area contributed by atoms with E-state index in [0.29, 0.717) is 11.3 Å². The number of aliphatic hydroxyl groups excluding tert-OH is 1. The molecule has 0 saturated carbocycles. The Morgan fingerprint density at radius 1 is 1.42 bits per heavy atom.